The number of Topliss-reactive ketones (excluding diaryl/α,β-unsaturated/α-hetero) is 2. The van der Waals surface area contributed by atoms with Gasteiger partial charge in [0.15, 0.2) is 11.6 Å². The highest BCUT2D eigenvalue weighted by atomic mass is 32.2. The summed E-state index contributed by atoms with van der Waals surface area (Å²) >= 11 is 0. The zero-order valence-electron chi connectivity index (χ0n) is 18.2. The predicted molar refractivity (Wildman–Crippen MR) is 116 cm³/mol. The second-order valence-corrected chi connectivity index (χ2v) is 9.53. The summed E-state index contributed by atoms with van der Waals surface area (Å²) in [7, 11) is 3.45. The Morgan fingerprint density at radius 1 is 0.677 bits per heavy atom. The van der Waals surface area contributed by atoms with Crippen LogP contribution in [0.25, 0.3) is 0 Å². The van der Waals surface area contributed by atoms with Gasteiger partial charge in [-0.2, -0.15) is 0 Å². The van der Waals surface area contributed by atoms with E-state index in [2.05, 4.69) is 0 Å². The Kier molecular flexibility index (Phi) is 8.73. The van der Waals surface area contributed by atoms with Crippen LogP contribution in [0.4, 0.5) is 0 Å². The normalized spacial score (nSPS) is 11.5. The Bertz CT molecular complexity index is 908. The van der Waals surface area contributed by atoms with E-state index in [4.69, 9.17) is 9.47 Å². The predicted octanol–water partition coefficient (Wildman–Crippen LogP) is 1.54. The minimum absolute atomic E-state index is 0.0765. The topological polar surface area (TPSA) is 93.2 Å². The third-order valence-corrected chi connectivity index (χ3v) is 5.84. The summed E-state index contributed by atoms with van der Waals surface area (Å²) in [5, 5.41) is 0. The highest BCUT2D eigenvalue weighted by Gasteiger charge is 2.18. The number of hydrogen-bond acceptors (Lipinski definition) is 8. The second kappa shape index (κ2) is 11.0. The van der Waals surface area contributed by atoms with Gasteiger partial charge < -0.3 is 19.3 Å². The third-order valence-electron chi connectivity index (χ3n) is 4.05. The first-order chi connectivity index (χ1) is 14.6. The molecule has 0 amide bonds. The van der Waals surface area contributed by atoms with Gasteiger partial charge in [0, 0.05) is 0 Å². The van der Waals surface area contributed by atoms with Gasteiger partial charge in [-0.3, -0.25) is 9.59 Å². The Morgan fingerprint density at radius 3 is 1.29 bits per heavy atom. The molecule has 9 heteroatoms. The lowest BCUT2D eigenvalue weighted by Gasteiger charge is -2.11. The maximum Gasteiger partial charge on any atom is 0.206 e. The van der Waals surface area contributed by atoms with E-state index >= 15 is 0 Å². The number of ketones is 2. The van der Waals surface area contributed by atoms with Crippen LogP contribution in [-0.4, -0.2) is 84.3 Å². The molecule has 2 rings (SSSR count). The van der Waals surface area contributed by atoms with Crippen LogP contribution in [0.1, 0.15) is 0 Å². The molecule has 31 heavy (non-hydrogen) atoms. The molecule has 0 aliphatic rings. The lowest BCUT2D eigenvalue weighted by atomic mass is 10.3. The summed E-state index contributed by atoms with van der Waals surface area (Å²) in [6.45, 7) is 0.386. The van der Waals surface area contributed by atoms with Gasteiger partial charge in [0.05, 0.1) is 22.9 Å². The van der Waals surface area contributed by atoms with Crippen LogP contribution >= 0.6 is 0 Å². The van der Waals surface area contributed by atoms with E-state index in [0.717, 1.165) is 0 Å². The van der Waals surface area contributed by atoms with E-state index in [9.17, 15) is 18.0 Å². The monoisotopic (exact) mass is 448 g/mol. The van der Waals surface area contributed by atoms with Gasteiger partial charge in [0.2, 0.25) is 9.84 Å². The first-order valence-electron chi connectivity index (χ1n) is 9.61. The number of sulfone groups is 1. The molecule has 0 aliphatic heterocycles. The minimum atomic E-state index is -3.73. The van der Waals surface area contributed by atoms with Crippen LogP contribution in [0.15, 0.2) is 58.3 Å². The molecule has 0 aromatic heterocycles. The molecule has 2 aromatic carbocycles. The molecule has 2 aromatic rings. The third kappa shape index (κ3) is 7.78. The van der Waals surface area contributed by atoms with Gasteiger partial charge in [0.1, 0.15) is 24.7 Å². The molecule has 0 saturated heterocycles. The van der Waals surface area contributed by atoms with Gasteiger partial charge in [-0.15, -0.1) is 0 Å². The summed E-state index contributed by atoms with van der Waals surface area (Å²) in [4.78, 5) is 27.1. The molecular formula is C22H28N2O6S. The van der Waals surface area contributed by atoms with Crippen LogP contribution in [0.2, 0.25) is 0 Å². The number of carbonyl (C=O) groups is 2. The van der Waals surface area contributed by atoms with Gasteiger partial charge in [-0.05, 0) is 76.7 Å². The van der Waals surface area contributed by atoms with Crippen LogP contribution in [0, 0.1) is 0 Å². The van der Waals surface area contributed by atoms with Crippen LogP contribution in [0.3, 0.4) is 0 Å². The molecule has 168 valence electrons. The van der Waals surface area contributed by atoms with Gasteiger partial charge in [0.25, 0.3) is 0 Å². The van der Waals surface area contributed by atoms with Crippen molar-refractivity contribution >= 4 is 21.4 Å². The molecule has 0 heterocycles. The molecule has 0 aliphatic carbocycles. The Balaban J connectivity index is 1.99. The Hall–Kier alpha value is -2.75. The molecule has 8 nitrogen and oxygen atoms in total. The second-order valence-electron chi connectivity index (χ2n) is 7.58. The summed E-state index contributed by atoms with van der Waals surface area (Å²) in [6.07, 6.45) is 0. The van der Waals surface area contributed by atoms with Crippen molar-refractivity contribution in [1.29, 1.82) is 0 Å². The van der Waals surface area contributed by atoms with Crippen molar-refractivity contribution in [2.75, 3.05) is 54.5 Å². The zero-order valence-corrected chi connectivity index (χ0v) is 19.0. The summed E-state index contributed by atoms with van der Waals surface area (Å²) in [5.74, 6) is 0.675. The summed E-state index contributed by atoms with van der Waals surface area (Å²) in [5.41, 5.74) is 0. The minimum Gasteiger partial charge on any atom is -0.486 e. The van der Waals surface area contributed by atoms with Crippen molar-refractivity contribution in [3.8, 4) is 11.5 Å². The average molecular weight is 449 g/mol. The van der Waals surface area contributed by atoms with E-state index in [1.54, 1.807) is 38.0 Å². The molecular weight excluding hydrogens is 420 g/mol. The van der Waals surface area contributed by atoms with Crippen molar-refractivity contribution in [2.24, 2.45) is 0 Å². The van der Waals surface area contributed by atoms with Gasteiger partial charge in [-0.25, -0.2) is 8.42 Å². The average Bonchev–Trinajstić information content (AvgIpc) is 2.70. The Labute approximate surface area is 183 Å². The van der Waals surface area contributed by atoms with Crippen molar-refractivity contribution in [2.45, 2.75) is 9.79 Å². The zero-order chi connectivity index (χ0) is 23.0. The van der Waals surface area contributed by atoms with E-state index < -0.39 is 9.84 Å². The molecule has 0 atom stereocenters. The number of nitrogens with zero attached hydrogens (tertiary/aromatic N) is 2. The molecule has 0 fully saturated rings. The number of hydrogen-bond donors (Lipinski definition) is 0. The maximum atomic E-state index is 12.8. The quantitative estimate of drug-likeness (QED) is 0.483. The van der Waals surface area contributed by atoms with E-state index in [1.165, 1.54) is 48.5 Å². The van der Waals surface area contributed by atoms with Gasteiger partial charge >= 0.3 is 0 Å². The van der Waals surface area contributed by atoms with Crippen LogP contribution in [0.5, 0.6) is 11.5 Å². The summed E-state index contributed by atoms with van der Waals surface area (Å²) in [6, 6.07) is 11.8. The number of rotatable bonds is 12. The molecule has 0 N–H and O–H groups in total. The van der Waals surface area contributed by atoms with Crippen LogP contribution < -0.4 is 9.47 Å². The lowest BCUT2D eigenvalue weighted by Crippen LogP contribution is -2.26. The van der Waals surface area contributed by atoms with E-state index in [1.807, 2.05) is 0 Å². The number of likely N-dealkylation sites (N-methyl/N-ethyl adjacent to an activating group) is 2. The highest BCUT2D eigenvalue weighted by Crippen LogP contribution is 2.25. The van der Waals surface area contributed by atoms with E-state index in [-0.39, 0.29) is 47.7 Å². The van der Waals surface area contributed by atoms with Crippen molar-refractivity contribution in [1.82, 2.24) is 9.80 Å². The smallest absolute Gasteiger partial charge is 0.206 e. The number of benzene rings is 2. The molecule has 0 saturated carbocycles. The molecule has 0 spiro atoms. The fourth-order valence-corrected chi connectivity index (χ4v) is 3.95. The number of ether oxygens (including phenoxy) is 2. The maximum absolute atomic E-state index is 12.8. The van der Waals surface area contributed by atoms with Crippen molar-refractivity contribution in [3.05, 3.63) is 48.5 Å². The molecule has 0 unspecified atom stereocenters. The first-order valence-corrected chi connectivity index (χ1v) is 11.1. The van der Waals surface area contributed by atoms with E-state index in [0.29, 0.717) is 11.5 Å². The largest absolute Gasteiger partial charge is 0.486 e. The first kappa shape index (κ1) is 24.5. The van der Waals surface area contributed by atoms with Crippen LogP contribution in [-0.2, 0) is 19.4 Å². The Morgan fingerprint density at radius 2 is 1.00 bits per heavy atom. The lowest BCUT2D eigenvalue weighted by molar-refractivity contribution is -0.122. The highest BCUT2D eigenvalue weighted by molar-refractivity contribution is 7.91. The molecule has 0 radical (unpaired) electrons. The standard InChI is InChI=1S/C22H28N2O6S/c1-23(2)13-17(25)15-29-19-5-9-21(10-6-19)31(27,28)22-11-7-20(8-12-22)30-16-18(26)14-24(3)4/h5-12H,13-16H2,1-4H3. The van der Waals surface area contributed by atoms with Crippen molar-refractivity contribution in [3.63, 3.8) is 0 Å². The molecule has 0 bridgehead atoms. The van der Waals surface area contributed by atoms with Gasteiger partial charge in [-0.1, -0.05) is 0 Å². The SMILES string of the molecule is CN(C)CC(=O)COc1ccc(S(=O)(=O)c2ccc(OCC(=O)CN(C)C)cc2)cc1. The van der Waals surface area contributed by atoms with Crippen molar-refractivity contribution < 1.29 is 27.5 Å². The number of carbonyl (C=O) groups excluding carboxylic acids is 2. The fraction of sp³-hybridized carbons (Fsp3) is 0.364. The summed E-state index contributed by atoms with van der Waals surface area (Å²) < 4.78 is 36.5. The fourth-order valence-electron chi connectivity index (χ4n) is 2.69.